The third-order valence-electron chi connectivity index (χ3n) is 6.39. The van der Waals surface area contributed by atoms with Crippen LogP contribution in [0, 0.1) is 6.92 Å². The van der Waals surface area contributed by atoms with Crippen molar-refractivity contribution in [2.24, 2.45) is 7.05 Å². The molecule has 0 aliphatic carbocycles. The number of benzene rings is 3. The van der Waals surface area contributed by atoms with E-state index in [1.54, 1.807) is 18.2 Å². The molecule has 0 bridgehead atoms. The Balaban J connectivity index is 1.39. The molecule has 0 aliphatic rings. The summed E-state index contributed by atoms with van der Waals surface area (Å²) in [6.45, 7) is 2.41. The Morgan fingerprint density at radius 3 is 2.47 bits per heavy atom. The highest BCUT2D eigenvalue weighted by Crippen LogP contribution is 2.23. The van der Waals surface area contributed by atoms with E-state index in [2.05, 4.69) is 21.7 Å². The molecule has 2 heterocycles. The molecule has 5 rings (SSSR count). The van der Waals surface area contributed by atoms with Gasteiger partial charge in [0.2, 0.25) is 0 Å². The molecule has 0 aliphatic heterocycles. The number of hydrogen-bond donors (Lipinski definition) is 3. The van der Waals surface area contributed by atoms with Crippen LogP contribution in [0.15, 0.2) is 90.9 Å². The summed E-state index contributed by atoms with van der Waals surface area (Å²) in [5.41, 5.74) is 5.88. The number of nitrogens with one attached hydrogen (secondary N) is 3. The third kappa shape index (κ3) is 4.79. The molecule has 0 saturated carbocycles. The SMILES string of the molecule is Cc1ccc(C(=O)N/C(=C/c2cn(C)c3ccccc23)C(=O)NCCc2c[nH]c3ccccc23)cc1. The second-order valence-electron chi connectivity index (χ2n) is 8.96. The van der Waals surface area contributed by atoms with Gasteiger partial charge in [-0.3, -0.25) is 9.59 Å². The van der Waals surface area contributed by atoms with Gasteiger partial charge in [-0.05, 0) is 49.2 Å². The second kappa shape index (κ2) is 9.96. The number of aryl methyl sites for hydroxylation is 2. The minimum absolute atomic E-state index is 0.204. The summed E-state index contributed by atoms with van der Waals surface area (Å²) in [4.78, 5) is 29.6. The summed E-state index contributed by atoms with van der Waals surface area (Å²) < 4.78 is 2.01. The van der Waals surface area contributed by atoms with Crippen molar-refractivity contribution in [1.29, 1.82) is 0 Å². The van der Waals surface area contributed by atoms with Crippen molar-refractivity contribution in [2.75, 3.05) is 6.54 Å². The van der Waals surface area contributed by atoms with Crippen LogP contribution in [0.25, 0.3) is 27.9 Å². The van der Waals surface area contributed by atoms with Crippen molar-refractivity contribution in [1.82, 2.24) is 20.2 Å². The summed E-state index contributed by atoms with van der Waals surface area (Å²) in [5.74, 6) is -0.656. The van der Waals surface area contributed by atoms with Gasteiger partial charge in [-0.15, -0.1) is 0 Å². The standard InChI is InChI=1S/C30H28N4O2/c1-20-11-13-21(14-12-20)29(35)33-27(17-23-19-34(2)28-10-6-4-8-25(23)28)30(36)31-16-15-22-18-32-26-9-5-3-7-24(22)26/h3-14,17-19,32H,15-16H2,1-2H3,(H,31,36)(H,33,35)/b27-17+. The molecule has 6 heteroatoms. The smallest absolute Gasteiger partial charge is 0.267 e. The lowest BCUT2D eigenvalue weighted by atomic mass is 10.1. The zero-order valence-electron chi connectivity index (χ0n) is 20.3. The largest absolute Gasteiger partial charge is 0.361 e. The van der Waals surface area contributed by atoms with E-state index in [9.17, 15) is 9.59 Å². The molecule has 5 aromatic rings. The van der Waals surface area contributed by atoms with Gasteiger partial charge in [-0.25, -0.2) is 0 Å². The van der Waals surface area contributed by atoms with Crippen LogP contribution in [0.3, 0.4) is 0 Å². The molecule has 2 aromatic heterocycles. The first-order valence-electron chi connectivity index (χ1n) is 12.0. The van der Waals surface area contributed by atoms with E-state index in [-0.39, 0.29) is 17.5 Å². The van der Waals surface area contributed by atoms with Crippen molar-refractivity contribution >= 4 is 39.7 Å². The van der Waals surface area contributed by atoms with E-state index in [0.717, 1.165) is 38.5 Å². The minimum atomic E-state index is -0.330. The fourth-order valence-corrected chi connectivity index (χ4v) is 4.45. The van der Waals surface area contributed by atoms with Gasteiger partial charge in [0.1, 0.15) is 5.70 Å². The van der Waals surface area contributed by atoms with Crippen LogP contribution >= 0.6 is 0 Å². The van der Waals surface area contributed by atoms with E-state index in [0.29, 0.717) is 18.5 Å². The maximum Gasteiger partial charge on any atom is 0.267 e. The second-order valence-corrected chi connectivity index (χ2v) is 8.96. The van der Waals surface area contributed by atoms with Gasteiger partial charge in [0, 0.05) is 58.9 Å². The predicted molar refractivity (Wildman–Crippen MR) is 145 cm³/mol. The Morgan fingerprint density at radius 1 is 0.944 bits per heavy atom. The molecule has 6 nitrogen and oxygen atoms in total. The molecule has 0 atom stereocenters. The molecule has 180 valence electrons. The lowest BCUT2D eigenvalue weighted by Crippen LogP contribution is -2.35. The number of hydrogen-bond acceptors (Lipinski definition) is 2. The van der Waals surface area contributed by atoms with Gasteiger partial charge in [-0.1, -0.05) is 54.1 Å². The molecular formula is C30H28N4O2. The van der Waals surface area contributed by atoms with Gasteiger partial charge in [0.25, 0.3) is 11.8 Å². The number of para-hydroxylation sites is 2. The number of aromatic nitrogens is 2. The molecule has 3 aromatic carbocycles. The number of H-pyrrole nitrogens is 1. The van der Waals surface area contributed by atoms with Gasteiger partial charge in [0.05, 0.1) is 0 Å². The fraction of sp³-hybridized carbons (Fsp3) is 0.133. The Hall–Kier alpha value is -4.58. The van der Waals surface area contributed by atoms with Crippen molar-refractivity contribution < 1.29 is 9.59 Å². The summed E-state index contributed by atoms with van der Waals surface area (Å²) in [6.07, 6.45) is 6.35. The number of fused-ring (bicyclic) bond motifs is 2. The van der Waals surface area contributed by atoms with E-state index >= 15 is 0 Å². The Bertz CT molecular complexity index is 1590. The van der Waals surface area contributed by atoms with E-state index < -0.39 is 0 Å². The van der Waals surface area contributed by atoms with Crippen LogP contribution in [-0.2, 0) is 18.3 Å². The summed E-state index contributed by atoms with van der Waals surface area (Å²) >= 11 is 0. The topological polar surface area (TPSA) is 78.9 Å². The molecule has 3 N–H and O–H groups in total. The van der Waals surface area contributed by atoms with E-state index in [1.807, 2.05) is 85.5 Å². The molecule has 36 heavy (non-hydrogen) atoms. The van der Waals surface area contributed by atoms with Crippen molar-refractivity contribution in [2.45, 2.75) is 13.3 Å². The molecule has 0 spiro atoms. The molecule has 0 unspecified atom stereocenters. The maximum atomic E-state index is 13.3. The monoisotopic (exact) mass is 476 g/mol. The third-order valence-corrected chi connectivity index (χ3v) is 6.39. The molecule has 0 radical (unpaired) electrons. The van der Waals surface area contributed by atoms with Gasteiger partial charge in [0.15, 0.2) is 0 Å². The minimum Gasteiger partial charge on any atom is -0.361 e. The molecule has 0 saturated heterocycles. The van der Waals surface area contributed by atoms with Crippen molar-refractivity contribution in [3.8, 4) is 0 Å². The highest BCUT2D eigenvalue weighted by atomic mass is 16.2. The quantitative estimate of drug-likeness (QED) is 0.286. The highest BCUT2D eigenvalue weighted by Gasteiger charge is 2.16. The lowest BCUT2D eigenvalue weighted by Gasteiger charge is -2.11. The number of rotatable bonds is 7. The average Bonchev–Trinajstić information content (AvgIpc) is 3.45. The van der Waals surface area contributed by atoms with Crippen LogP contribution in [0.1, 0.15) is 27.0 Å². The zero-order valence-corrected chi connectivity index (χ0v) is 20.3. The first-order valence-corrected chi connectivity index (χ1v) is 12.0. The number of nitrogens with zero attached hydrogens (tertiary/aromatic N) is 1. The lowest BCUT2D eigenvalue weighted by molar-refractivity contribution is -0.117. The molecule has 0 fully saturated rings. The Morgan fingerprint density at radius 2 is 1.67 bits per heavy atom. The van der Waals surface area contributed by atoms with Gasteiger partial charge in [-0.2, -0.15) is 0 Å². The Kier molecular flexibility index (Phi) is 6.41. The Labute approximate surface area is 209 Å². The first-order chi connectivity index (χ1) is 17.5. The van der Waals surface area contributed by atoms with Crippen molar-refractivity contribution in [3.05, 3.63) is 113 Å². The fourth-order valence-electron chi connectivity index (χ4n) is 4.45. The summed E-state index contributed by atoms with van der Waals surface area (Å²) in [6, 6.07) is 23.3. The number of aromatic amines is 1. The zero-order chi connectivity index (χ0) is 25.1. The first kappa shape index (κ1) is 23.2. The van der Waals surface area contributed by atoms with Crippen LogP contribution in [0.5, 0.6) is 0 Å². The van der Waals surface area contributed by atoms with Gasteiger partial charge >= 0.3 is 0 Å². The van der Waals surface area contributed by atoms with Crippen LogP contribution in [0.4, 0.5) is 0 Å². The van der Waals surface area contributed by atoms with Crippen LogP contribution < -0.4 is 10.6 Å². The molecule has 2 amide bonds. The van der Waals surface area contributed by atoms with E-state index in [1.165, 1.54) is 0 Å². The van der Waals surface area contributed by atoms with Gasteiger partial charge < -0.3 is 20.2 Å². The maximum absolute atomic E-state index is 13.3. The highest BCUT2D eigenvalue weighted by molar-refractivity contribution is 6.06. The van der Waals surface area contributed by atoms with Crippen molar-refractivity contribution in [3.63, 3.8) is 0 Å². The number of amides is 2. The van der Waals surface area contributed by atoms with Crippen LogP contribution in [-0.4, -0.2) is 27.9 Å². The number of carbonyl (C=O) groups excluding carboxylic acids is 2. The number of carbonyl (C=O) groups is 2. The average molecular weight is 477 g/mol. The van der Waals surface area contributed by atoms with Crippen LogP contribution in [0.2, 0.25) is 0 Å². The summed E-state index contributed by atoms with van der Waals surface area (Å²) in [5, 5.41) is 7.98. The summed E-state index contributed by atoms with van der Waals surface area (Å²) in [7, 11) is 1.96. The predicted octanol–water partition coefficient (Wildman–Crippen LogP) is 5.10. The molecular weight excluding hydrogens is 448 g/mol. The normalized spacial score (nSPS) is 11.7. The van der Waals surface area contributed by atoms with E-state index in [4.69, 9.17) is 0 Å².